The molecule has 0 saturated carbocycles. The van der Waals surface area contributed by atoms with Gasteiger partial charge in [0.1, 0.15) is 19.0 Å². The maximum Gasteiger partial charge on any atom is 0.407 e. The first-order valence-corrected chi connectivity index (χ1v) is 11.1. The highest BCUT2D eigenvalue weighted by Crippen LogP contribution is 2.44. The van der Waals surface area contributed by atoms with E-state index in [2.05, 4.69) is 46.3 Å². The maximum absolute atomic E-state index is 12.2. The van der Waals surface area contributed by atoms with Gasteiger partial charge in [-0.3, -0.25) is 0 Å². The number of nitrogens with zero attached hydrogens (tertiary/aromatic N) is 1. The van der Waals surface area contributed by atoms with Crippen molar-refractivity contribution in [3.63, 3.8) is 0 Å². The molecule has 168 valence electrons. The van der Waals surface area contributed by atoms with E-state index in [9.17, 15) is 4.79 Å². The summed E-state index contributed by atoms with van der Waals surface area (Å²) in [6, 6.07) is 24.2. The van der Waals surface area contributed by atoms with Crippen LogP contribution in [-0.2, 0) is 4.74 Å². The lowest BCUT2D eigenvalue weighted by molar-refractivity contribution is 0.144. The average Bonchev–Trinajstić information content (AvgIpc) is 3.15. The first-order chi connectivity index (χ1) is 16.1. The van der Waals surface area contributed by atoms with Crippen molar-refractivity contribution in [2.45, 2.75) is 5.92 Å². The van der Waals surface area contributed by atoms with E-state index in [1.165, 1.54) is 22.3 Å². The van der Waals surface area contributed by atoms with Crippen molar-refractivity contribution in [3.8, 4) is 28.7 Å². The smallest absolute Gasteiger partial charge is 0.407 e. The van der Waals surface area contributed by atoms with Crippen LogP contribution in [0.3, 0.4) is 0 Å². The zero-order valence-electron chi connectivity index (χ0n) is 19.0. The summed E-state index contributed by atoms with van der Waals surface area (Å²) in [6.07, 6.45) is -0.462. The summed E-state index contributed by atoms with van der Waals surface area (Å²) in [5, 5.41) is 2.71. The van der Waals surface area contributed by atoms with Gasteiger partial charge < -0.3 is 19.7 Å². The van der Waals surface area contributed by atoms with Gasteiger partial charge in [0.05, 0.1) is 6.54 Å². The third kappa shape index (κ3) is 5.74. The van der Waals surface area contributed by atoms with Crippen LogP contribution in [0.2, 0.25) is 0 Å². The Morgan fingerprint density at radius 2 is 1.58 bits per heavy atom. The molecule has 33 heavy (non-hydrogen) atoms. The first-order valence-electron chi connectivity index (χ1n) is 11.1. The molecule has 1 aliphatic carbocycles. The molecule has 5 heteroatoms. The molecule has 0 bridgehead atoms. The lowest BCUT2D eigenvalue weighted by atomic mass is 9.98. The van der Waals surface area contributed by atoms with Crippen molar-refractivity contribution in [3.05, 3.63) is 89.5 Å². The Kier molecular flexibility index (Phi) is 7.29. The number of fused-ring (bicyclic) bond motifs is 3. The van der Waals surface area contributed by atoms with E-state index in [4.69, 9.17) is 9.47 Å². The number of rotatable bonds is 7. The fourth-order valence-corrected chi connectivity index (χ4v) is 3.89. The Balaban J connectivity index is 1.25. The van der Waals surface area contributed by atoms with Gasteiger partial charge in [-0.05, 0) is 60.6 Å². The number of nitrogens with one attached hydrogen (secondary N) is 1. The largest absolute Gasteiger partial charge is 0.492 e. The van der Waals surface area contributed by atoms with Crippen molar-refractivity contribution in [2.24, 2.45) is 0 Å². The zero-order chi connectivity index (χ0) is 23.0. The van der Waals surface area contributed by atoms with Crippen LogP contribution in [0.5, 0.6) is 5.75 Å². The van der Waals surface area contributed by atoms with E-state index in [0.717, 1.165) is 17.9 Å². The molecule has 1 amide bonds. The summed E-state index contributed by atoms with van der Waals surface area (Å²) >= 11 is 0. The molecule has 5 nitrogen and oxygen atoms in total. The second-order valence-corrected chi connectivity index (χ2v) is 8.16. The summed E-state index contributed by atoms with van der Waals surface area (Å²) in [4.78, 5) is 14.3. The van der Waals surface area contributed by atoms with Gasteiger partial charge in [0, 0.05) is 18.0 Å². The second kappa shape index (κ2) is 10.7. The molecule has 3 aromatic rings. The minimum absolute atomic E-state index is 0.0488. The Hall–Kier alpha value is -3.75. The van der Waals surface area contributed by atoms with E-state index in [1.807, 2.05) is 62.6 Å². The fraction of sp³-hybridized carbons (Fsp3) is 0.250. The molecular weight excluding hydrogens is 412 g/mol. The van der Waals surface area contributed by atoms with Gasteiger partial charge in [0.2, 0.25) is 0 Å². The first kappa shape index (κ1) is 22.4. The minimum Gasteiger partial charge on any atom is -0.492 e. The number of likely N-dealkylation sites (N-methyl/N-ethyl adjacent to an activating group) is 1. The van der Waals surface area contributed by atoms with Gasteiger partial charge >= 0.3 is 6.09 Å². The second-order valence-electron chi connectivity index (χ2n) is 8.16. The van der Waals surface area contributed by atoms with E-state index in [1.54, 1.807) is 0 Å². The molecule has 0 atom stereocenters. The number of ether oxygens (including phenoxy) is 2. The van der Waals surface area contributed by atoms with Gasteiger partial charge in [0.25, 0.3) is 0 Å². The highest BCUT2D eigenvalue weighted by atomic mass is 16.5. The molecule has 1 N–H and O–H groups in total. The Morgan fingerprint density at radius 3 is 2.21 bits per heavy atom. The molecule has 0 radical (unpaired) electrons. The molecule has 0 unspecified atom stereocenters. The van der Waals surface area contributed by atoms with Gasteiger partial charge in [0.15, 0.2) is 0 Å². The SMILES string of the molecule is CN(C)CCOc1ccc(C#CCNC(=O)OCC2c3ccccc3-c3ccccc32)cc1. The monoisotopic (exact) mass is 440 g/mol. The van der Waals surface area contributed by atoms with Crippen molar-refractivity contribution in [1.29, 1.82) is 0 Å². The third-order valence-electron chi connectivity index (χ3n) is 5.56. The number of amides is 1. The molecule has 0 saturated heterocycles. The number of carbonyl (C=O) groups is 1. The predicted molar refractivity (Wildman–Crippen MR) is 130 cm³/mol. The van der Waals surface area contributed by atoms with Crippen molar-refractivity contribution in [1.82, 2.24) is 10.2 Å². The summed E-state index contributed by atoms with van der Waals surface area (Å²) in [7, 11) is 4.03. The van der Waals surface area contributed by atoms with Gasteiger partial charge in [-0.25, -0.2) is 4.79 Å². The van der Waals surface area contributed by atoms with E-state index in [-0.39, 0.29) is 12.5 Å². The van der Waals surface area contributed by atoms with Crippen molar-refractivity contribution in [2.75, 3.05) is 40.4 Å². The number of benzene rings is 3. The van der Waals surface area contributed by atoms with Crippen LogP contribution in [0.15, 0.2) is 72.8 Å². The number of hydrogen-bond donors (Lipinski definition) is 1. The average molecular weight is 441 g/mol. The van der Waals surface area contributed by atoms with Gasteiger partial charge in [-0.1, -0.05) is 60.4 Å². The van der Waals surface area contributed by atoms with Crippen molar-refractivity contribution < 1.29 is 14.3 Å². The summed E-state index contributed by atoms with van der Waals surface area (Å²) in [6.45, 7) is 2.02. The highest BCUT2D eigenvalue weighted by molar-refractivity contribution is 5.79. The zero-order valence-corrected chi connectivity index (χ0v) is 19.0. The lowest BCUT2D eigenvalue weighted by Crippen LogP contribution is -2.26. The molecular formula is C28H28N2O3. The van der Waals surface area contributed by atoms with E-state index < -0.39 is 6.09 Å². The molecule has 0 spiro atoms. The molecule has 0 heterocycles. The normalized spacial score (nSPS) is 11.8. The molecule has 0 aliphatic heterocycles. The van der Waals surface area contributed by atoms with E-state index >= 15 is 0 Å². The third-order valence-corrected chi connectivity index (χ3v) is 5.56. The number of alkyl carbamates (subject to hydrolysis) is 1. The molecule has 1 aliphatic rings. The van der Waals surface area contributed by atoms with Crippen LogP contribution in [0.1, 0.15) is 22.6 Å². The Bertz CT molecular complexity index is 1110. The van der Waals surface area contributed by atoms with Crippen LogP contribution >= 0.6 is 0 Å². The predicted octanol–water partition coefficient (Wildman–Crippen LogP) is 4.52. The lowest BCUT2D eigenvalue weighted by Gasteiger charge is -2.14. The van der Waals surface area contributed by atoms with Crippen molar-refractivity contribution >= 4 is 6.09 Å². The summed E-state index contributed by atoms with van der Waals surface area (Å²) in [5.41, 5.74) is 5.68. The van der Waals surface area contributed by atoms with Gasteiger partial charge in [-0.15, -0.1) is 0 Å². The molecule has 4 rings (SSSR count). The summed E-state index contributed by atoms with van der Waals surface area (Å²) < 4.78 is 11.2. The summed E-state index contributed by atoms with van der Waals surface area (Å²) in [5.74, 6) is 6.87. The Morgan fingerprint density at radius 1 is 0.939 bits per heavy atom. The number of hydrogen-bond acceptors (Lipinski definition) is 4. The number of carbonyl (C=O) groups excluding carboxylic acids is 1. The topological polar surface area (TPSA) is 50.8 Å². The molecule has 3 aromatic carbocycles. The van der Waals surface area contributed by atoms with E-state index in [0.29, 0.717) is 13.2 Å². The fourth-order valence-electron chi connectivity index (χ4n) is 3.89. The highest BCUT2D eigenvalue weighted by Gasteiger charge is 2.28. The minimum atomic E-state index is -0.462. The van der Waals surface area contributed by atoms with Crippen LogP contribution in [-0.4, -0.2) is 51.4 Å². The van der Waals surface area contributed by atoms with Crippen LogP contribution in [0.25, 0.3) is 11.1 Å². The van der Waals surface area contributed by atoms with Crippen LogP contribution < -0.4 is 10.1 Å². The molecule has 0 aromatic heterocycles. The Labute approximate surface area is 195 Å². The quantitative estimate of drug-likeness (QED) is 0.549. The molecule has 0 fully saturated rings. The van der Waals surface area contributed by atoms with Gasteiger partial charge in [-0.2, -0.15) is 0 Å². The van der Waals surface area contributed by atoms with Crippen LogP contribution in [0.4, 0.5) is 4.79 Å². The standard InChI is InChI=1S/C28H28N2O3/c1-30(2)18-19-32-22-15-13-21(14-16-22)8-7-17-29-28(31)33-20-27-25-11-5-3-9-23(25)24-10-4-6-12-26(24)27/h3-6,9-16,27H,17-20H2,1-2H3,(H,29,31). The maximum atomic E-state index is 12.2. The van der Waals surface area contributed by atoms with Crippen LogP contribution in [0, 0.1) is 11.8 Å².